The summed E-state index contributed by atoms with van der Waals surface area (Å²) in [7, 11) is 0. The highest BCUT2D eigenvalue weighted by atomic mass is 16.5. The van der Waals surface area contributed by atoms with Crippen molar-refractivity contribution in [2.75, 3.05) is 13.2 Å². The van der Waals surface area contributed by atoms with E-state index in [-0.39, 0.29) is 17.9 Å². The average Bonchev–Trinajstić information content (AvgIpc) is 2.66. The van der Waals surface area contributed by atoms with Crippen molar-refractivity contribution in [2.24, 2.45) is 5.92 Å². The lowest BCUT2D eigenvalue weighted by molar-refractivity contribution is -0.147. The molecule has 0 bridgehead atoms. The Kier molecular flexibility index (Phi) is 24.8. The molecular formula is C21H38O4. The van der Waals surface area contributed by atoms with Gasteiger partial charge in [-0.3, -0.25) is 9.59 Å². The van der Waals surface area contributed by atoms with Gasteiger partial charge in [-0.05, 0) is 25.8 Å². The van der Waals surface area contributed by atoms with E-state index in [9.17, 15) is 9.59 Å². The molecule has 0 saturated carbocycles. The maximum Gasteiger partial charge on any atom is 0.308 e. The van der Waals surface area contributed by atoms with Gasteiger partial charge in [0.05, 0.1) is 19.1 Å². The number of hydrogen-bond donors (Lipinski definition) is 0. The van der Waals surface area contributed by atoms with Crippen molar-refractivity contribution < 1.29 is 19.1 Å². The Labute approximate surface area is 154 Å². The number of esters is 2. The molecule has 4 nitrogen and oxygen atoms in total. The fraction of sp³-hybridized carbons (Fsp3) is 0.619. The van der Waals surface area contributed by atoms with Gasteiger partial charge >= 0.3 is 11.9 Å². The summed E-state index contributed by atoms with van der Waals surface area (Å²) in [5.74, 6) is -0.295. The van der Waals surface area contributed by atoms with Gasteiger partial charge in [0.2, 0.25) is 0 Å². The highest BCUT2D eigenvalue weighted by Gasteiger charge is 2.13. The second-order valence-corrected chi connectivity index (χ2v) is 4.50. The van der Waals surface area contributed by atoms with Crippen LogP contribution in [0.2, 0.25) is 0 Å². The summed E-state index contributed by atoms with van der Waals surface area (Å²) in [6, 6.07) is 9.98. The Morgan fingerprint density at radius 1 is 0.880 bits per heavy atom. The van der Waals surface area contributed by atoms with Gasteiger partial charge in [-0.1, -0.05) is 71.9 Å². The van der Waals surface area contributed by atoms with Crippen LogP contribution >= 0.6 is 0 Å². The first-order valence-corrected chi connectivity index (χ1v) is 9.41. The molecule has 0 amide bonds. The molecule has 4 heteroatoms. The second-order valence-electron chi connectivity index (χ2n) is 4.50. The molecule has 0 aliphatic rings. The molecule has 146 valence electrons. The standard InChI is InChI=1S/C12H16O2.C5H10O2.2C2H6/c1-3-14-12(13)10(2)9-11-7-5-4-6-8-11;1-3-5(6)7-4-2;2*1-2/h4-8,10H,3,9H2,1-2H3;3-4H2,1-2H3;2*1-2H3. The van der Waals surface area contributed by atoms with E-state index in [1.165, 1.54) is 5.56 Å². The van der Waals surface area contributed by atoms with Gasteiger partial charge in [0.25, 0.3) is 0 Å². The molecule has 0 aliphatic heterocycles. The van der Waals surface area contributed by atoms with E-state index in [2.05, 4.69) is 4.74 Å². The van der Waals surface area contributed by atoms with E-state index in [1.54, 1.807) is 13.8 Å². The number of benzene rings is 1. The summed E-state index contributed by atoms with van der Waals surface area (Å²) in [4.78, 5) is 21.5. The second kappa shape index (κ2) is 22.2. The van der Waals surface area contributed by atoms with E-state index < -0.39 is 0 Å². The monoisotopic (exact) mass is 354 g/mol. The molecule has 0 heterocycles. The van der Waals surface area contributed by atoms with Gasteiger partial charge in [-0.2, -0.15) is 0 Å². The summed E-state index contributed by atoms with van der Waals surface area (Å²) in [6.07, 6.45) is 1.23. The third-order valence-corrected chi connectivity index (χ3v) is 2.67. The minimum atomic E-state index is -0.123. The van der Waals surface area contributed by atoms with Gasteiger partial charge in [0.1, 0.15) is 0 Å². The van der Waals surface area contributed by atoms with Crippen molar-refractivity contribution in [1.82, 2.24) is 0 Å². The first-order valence-electron chi connectivity index (χ1n) is 9.41. The lowest BCUT2D eigenvalue weighted by Crippen LogP contribution is -2.16. The van der Waals surface area contributed by atoms with E-state index in [4.69, 9.17) is 4.74 Å². The molecule has 1 aromatic rings. The van der Waals surface area contributed by atoms with Crippen LogP contribution in [-0.2, 0) is 25.5 Å². The van der Waals surface area contributed by atoms with Crippen molar-refractivity contribution in [3.63, 3.8) is 0 Å². The number of ether oxygens (including phenoxy) is 2. The predicted molar refractivity (Wildman–Crippen MR) is 106 cm³/mol. The van der Waals surface area contributed by atoms with Crippen LogP contribution in [0.1, 0.15) is 67.4 Å². The third-order valence-electron chi connectivity index (χ3n) is 2.67. The Balaban J connectivity index is -0.000000372. The summed E-state index contributed by atoms with van der Waals surface area (Å²) < 4.78 is 9.49. The van der Waals surface area contributed by atoms with Gasteiger partial charge in [0.15, 0.2) is 0 Å². The molecule has 0 fully saturated rings. The highest BCUT2D eigenvalue weighted by molar-refractivity contribution is 5.72. The predicted octanol–water partition coefficient (Wildman–Crippen LogP) is 5.44. The zero-order chi connectivity index (χ0) is 20.1. The highest BCUT2D eigenvalue weighted by Crippen LogP contribution is 2.09. The van der Waals surface area contributed by atoms with Crippen LogP contribution in [0.3, 0.4) is 0 Å². The van der Waals surface area contributed by atoms with Crippen molar-refractivity contribution in [3.8, 4) is 0 Å². The Bertz CT molecular complexity index is 402. The lowest BCUT2D eigenvalue weighted by Gasteiger charge is -2.09. The fourth-order valence-electron chi connectivity index (χ4n) is 1.60. The van der Waals surface area contributed by atoms with Gasteiger partial charge in [-0.25, -0.2) is 0 Å². The van der Waals surface area contributed by atoms with Crippen molar-refractivity contribution in [1.29, 1.82) is 0 Å². The number of carbonyl (C=O) groups excluding carboxylic acids is 2. The largest absolute Gasteiger partial charge is 0.466 e. The molecule has 1 aromatic carbocycles. The number of hydrogen-bond acceptors (Lipinski definition) is 4. The Morgan fingerprint density at radius 2 is 1.36 bits per heavy atom. The third kappa shape index (κ3) is 18.3. The van der Waals surface area contributed by atoms with Crippen LogP contribution in [0, 0.1) is 5.92 Å². The van der Waals surface area contributed by atoms with E-state index >= 15 is 0 Å². The van der Waals surface area contributed by atoms with Crippen LogP contribution in [0.4, 0.5) is 0 Å². The van der Waals surface area contributed by atoms with Crippen LogP contribution in [0.15, 0.2) is 30.3 Å². The molecule has 0 aromatic heterocycles. The molecule has 0 aliphatic carbocycles. The summed E-state index contributed by atoms with van der Waals surface area (Å²) in [5, 5.41) is 0. The van der Waals surface area contributed by atoms with E-state index in [0.717, 1.165) is 6.42 Å². The number of rotatable bonds is 6. The molecule has 0 saturated heterocycles. The summed E-state index contributed by atoms with van der Waals surface area (Å²) >= 11 is 0. The van der Waals surface area contributed by atoms with Crippen LogP contribution in [-0.4, -0.2) is 25.2 Å². The maximum absolute atomic E-state index is 11.3. The van der Waals surface area contributed by atoms with E-state index in [1.807, 2.05) is 71.9 Å². The molecule has 1 atom stereocenters. The van der Waals surface area contributed by atoms with Crippen LogP contribution in [0.5, 0.6) is 0 Å². The smallest absolute Gasteiger partial charge is 0.308 e. The zero-order valence-electron chi connectivity index (χ0n) is 17.4. The first-order chi connectivity index (χ1) is 12.0. The molecule has 1 unspecified atom stereocenters. The first kappa shape index (κ1) is 28.0. The SMILES string of the molecule is CC.CC.CCOC(=O)C(C)Cc1ccccc1.CCOC(=O)CC. The van der Waals surface area contributed by atoms with E-state index in [0.29, 0.717) is 19.6 Å². The van der Waals surface area contributed by atoms with Crippen molar-refractivity contribution in [3.05, 3.63) is 35.9 Å². The molecular weight excluding hydrogens is 316 g/mol. The molecule has 0 radical (unpaired) electrons. The van der Waals surface area contributed by atoms with Crippen LogP contribution in [0.25, 0.3) is 0 Å². The normalized spacial score (nSPS) is 9.60. The Morgan fingerprint density at radius 3 is 1.72 bits per heavy atom. The fourth-order valence-corrected chi connectivity index (χ4v) is 1.60. The topological polar surface area (TPSA) is 52.6 Å². The number of carbonyl (C=O) groups is 2. The van der Waals surface area contributed by atoms with Gasteiger partial charge in [0, 0.05) is 6.42 Å². The van der Waals surface area contributed by atoms with Crippen LogP contribution < -0.4 is 0 Å². The average molecular weight is 355 g/mol. The van der Waals surface area contributed by atoms with Gasteiger partial charge < -0.3 is 9.47 Å². The summed E-state index contributed by atoms with van der Waals surface area (Å²) in [5.41, 5.74) is 1.17. The minimum absolute atomic E-state index is 0.0580. The lowest BCUT2D eigenvalue weighted by atomic mass is 10.0. The van der Waals surface area contributed by atoms with Gasteiger partial charge in [-0.15, -0.1) is 0 Å². The quantitative estimate of drug-likeness (QED) is 0.638. The molecule has 1 rings (SSSR count). The zero-order valence-corrected chi connectivity index (χ0v) is 17.4. The summed E-state index contributed by atoms with van der Waals surface area (Å²) in [6.45, 7) is 16.2. The van der Waals surface area contributed by atoms with Crippen molar-refractivity contribution in [2.45, 2.75) is 68.2 Å². The molecule has 0 spiro atoms. The molecule has 25 heavy (non-hydrogen) atoms. The minimum Gasteiger partial charge on any atom is -0.466 e. The Hall–Kier alpha value is -1.84. The molecule has 0 N–H and O–H groups in total. The van der Waals surface area contributed by atoms with Crippen molar-refractivity contribution >= 4 is 11.9 Å². The maximum atomic E-state index is 11.3.